The maximum atomic E-state index is 13.7. The molecule has 1 fully saturated rings. The lowest BCUT2D eigenvalue weighted by atomic mass is 10.0. The molecule has 16 nitrogen and oxygen atoms in total. The number of carboxylic acid groups (broad SMARTS) is 1. The van der Waals surface area contributed by atoms with E-state index >= 15 is 0 Å². The van der Waals surface area contributed by atoms with Gasteiger partial charge in [-0.3, -0.25) is 19.7 Å². The third-order valence-electron chi connectivity index (χ3n) is 9.12. The van der Waals surface area contributed by atoms with Gasteiger partial charge in [0.1, 0.15) is 24.7 Å². The van der Waals surface area contributed by atoms with Crippen LogP contribution in [0.5, 0.6) is 0 Å². The Kier molecular flexibility index (Phi) is 11.3. The highest BCUT2D eigenvalue weighted by Crippen LogP contribution is 2.38. The summed E-state index contributed by atoms with van der Waals surface area (Å²) in [6.45, 7) is -0.0762. The van der Waals surface area contributed by atoms with Gasteiger partial charge in [0.2, 0.25) is 17.7 Å². The fourth-order valence-corrected chi connectivity index (χ4v) is 6.43. The first-order valence-electron chi connectivity index (χ1n) is 17.2. The molecule has 0 radical (unpaired) electrons. The number of urea groups is 2. The van der Waals surface area contributed by atoms with Crippen molar-refractivity contribution in [2.75, 3.05) is 10.6 Å². The van der Waals surface area contributed by atoms with Gasteiger partial charge in [-0.05, 0) is 69.6 Å². The minimum atomic E-state index is -1.39. The number of ether oxygens (including phenoxy) is 1. The molecule has 1 saturated heterocycles. The molecular weight excluding hydrogens is 710 g/mol. The Bertz CT molecular complexity index is 2140. The van der Waals surface area contributed by atoms with Crippen LogP contribution in [-0.2, 0) is 49.8 Å². The summed E-state index contributed by atoms with van der Waals surface area (Å²) in [4.78, 5) is 86.4. The Morgan fingerprint density at radius 1 is 0.782 bits per heavy atom. The fraction of sp³-hybridized carbons (Fsp3) is 0.205. The molecule has 6 rings (SSSR count). The number of rotatable bonds is 13. The van der Waals surface area contributed by atoms with E-state index in [1.165, 1.54) is 24.3 Å². The van der Waals surface area contributed by atoms with Crippen LogP contribution in [0.1, 0.15) is 34.2 Å². The van der Waals surface area contributed by atoms with Crippen molar-refractivity contribution in [2.24, 2.45) is 5.73 Å². The third kappa shape index (κ3) is 9.61. The summed E-state index contributed by atoms with van der Waals surface area (Å²) in [5.74, 6) is -3.31. The summed E-state index contributed by atoms with van der Waals surface area (Å²) in [6, 6.07) is 21.0. The maximum Gasteiger partial charge on any atom is 0.408 e. The number of amides is 8. The van der Waals surface area contributed by atoms with E-state index in [0.717, 1.165) is 27.8 Å². The molecule has 2 aliphatic rings. The molecule has 3 atom stereocenters. The van der Waals surface area contributed by atoms with Gasteiger partial charge in [0.15, 0.2) is 0 Å². The zero-order valence-electron chi connectivity index (χ0n) is 29.2. The van der Waals surface area contributed by atoms with E-state index in [4.69, 9.17) is 10.5 Å². The van der Waals surface area contributed by atoms with Gasteiger partial charge in [-0.2, -0.15) is 0 Å². The Hall–Kier alpha value is -7.23. The summed E-state index contributed by atoms with van der Waals surface area (Å²) >= 11 is 0. The Balaban J connectivity index is 1.14. The van der Waals surface area contributed by atoms with E-state index in [2.05, 4.69) is 31.9 Å². The molecule has 0 saturated carbocycles. The van der Waals surface area contributed by atoms with Crippen molar-refractivity contribution < 1.29 is 43.4 Å². The molecule has 282 valence electrons. The van der Waals surface area contributed by atoms with Gasteiger partial charge in [-0.1, -0.05) is 66.7 Å². The lowest BCUT2D eigenvalue weighted by molar-refractivity contribution is -0.142. The average Bonchev–Trinajstić information content (AvgIpc) is 3.53. The number of carbonyl (C=O) groups is 7. The van der Waals surface area contributed by atoms with Crippen LogP contribution in [0.3, 0.4) is 0 Å². The summed E-state index contributed by atoms with van der Waals surface area (Å²) in [5, 5.41) is 24.6. The second-order valence-electron chi connectivity index (χ2n) is 13.0. The number of hydrogen-bond acceptors (Lipinski definition) is 8. The van der Waals surface area contributed by atoms with Gasteiger partial charge < -0.3 is 42.2 Å². The molecule has 4 aromatic rings. The highest BCUT2D eigenvalue weighted by atomic mass is 16.5. The topological polar surface area (TPSA) is 247 Å². The van der Waals surface area contributed by atoms with Gasteiger partial charge in [-0.25, -0.2) is 19.2 Å². The predicted octanol–water partition coefficient (Wildman–Crippen LogP) is 2.93. The number of carboxylic acids is 1. The molecule has 0 bridgehead atoms. The average molecular weight is 748 g/mol. The number of fused-ring (bicyclic) bond motifs is 3. The maximum absolute atomic E-state index is 13.7. The van der Waals surface area contributed by atoms with Gasteiger partial charge in [-0.15, -0.1) is 0 Å². The quantitative estimate of drug-likeness (QED) is 0.0881. The van der Waals surface area contributed by atoms with E-state index < -0.39 is 60.0 Å². The number of nitrogens with two attached hydrogens (primary N) is 1. The Morgan fingerprint density at radius 2 is 1.42 bits per heavy atom. The lowest BCUT2D eigenvalue weighted by Gasteiger charge is -2.23. The van der Waals surface area contributed by atoms with Crippen molar-refractivity contribution in [2.45, 2.75) is 50.4 Å². The molecule has 2 unspecified atom stereocenters. The number of nitrogens with one attached hydrogen (secondary N) is 6. The van der Waals surface area contributed by atoms with Gasteiger partial charge in [0.05, 0.1) is 6.42 Å². The standard InChI is InChI=1S/C39H37N7O9/c40-37(52)42-26-14-10-22(11-15-26)17-32(36(50)51)43-35(49)30(16-21-8-12-25(13-9-21)41-34(48)31-19-33(47)46-38(53)44-31)45-39(54)55-20-24-5-3-7-28-27-6-2-1-4-23(27)18-29(24)28/h1-15,30-32H,16-20H2,(H,41,48)(H,43,49)(H,45,54)(H,50,51)(H3,40,42,52)(H2,44,46,47,53)/t30?,31-,32?/m0/s1. The molecule has 16 heteroatoms. The van der Waals surface area contributed by atoms with Gasteiger partial charge in [0, 0.05) is 24.2 Å². The number of alkyl carbamates (subject to hydrolysis) is 1. The molecule has 8 amide bonds. The van der Waals surface area contributed by atoms with Crippen molar-refractivity contribution >= 4 is 53.2 Å². The predicted molar refractivity (Wildman–Crippen MR) is 199 cm³/mol. The number of imide groups is 1. The van der Waals surface area contributed by atoms with Crippen molar-refractivity contribution in [3.63, 3.8) is 0 Å². The molecule has 1 aliphatic carbocycles. The SMILES string of the molecule is NC(=O)Nc1ccc(CC(NC(=O)C(Cc2ccc(NC(=O)[C@@H]3CC(=O)NC(=O)N3)cc2)NC(=O)OCc2cccc3c2Cc2ccccc2-3)C(=O)O)cc1. The summed E-state index contributed by atoms with van der Waals surface area (Å²) < 4.78 is 5.60. The molecule has 55 heavy (non-hydrogen) atoms. The van der Waals surface area contributed by atoms with Crippen LogP contribution in [0, 0.1) is 0 Å². The van der Waals surface area contributed by atoms with Crippen LogP contribution < -0.4 is 37.6 Å². The highest BCUT2D eigenvalue weighted by Gasteiger charge is 2.30. The zero-order valence-corrected chi connectivity index (χ0v) is 29.2. The van der Waals surface area contributed by atoms with E-state index in [0.29, 0.717) is 28.9 Å². The zero-order chi connectivity index (χ0) is 39.1. The summed E-state index contributed by atoms with van der Waals surface area (Å²) in [6.07, 6.45) is -0.665. The van der Waals surface area contributed by atoms with Crippen molar-refractivity contribution in [1.82, 2.24) is 21.3 Å². The number of primary amides is 1. The van der Waals surface area contributed by atoms with Crippen LogP contribution in [0.15, 0.2) is 91.0 Å². The van der Waals surface area contributed by atoms with E-state index in [1.807, 2.05) is 42.5 Å². The monoisotopic (exact) mass is 747 g/mol. The van der Waals surface area contributed by atoms with Crippen LogP contribution >= 0.6 is 0 Å². The number of anilines is 2. The van der Waals surface area contributed by atoms with Crippen molar-refractivity contribution in [1.29, 1.82) is 0 Å². The van der Waals surface area contributed by atoms with Crippen LogP contribution in [-0.4, -0.2) is 65.1 Å². The normalized spacial score (nSPS) is 15.2. The second kappa shape index (κ2) is 16.6. The molecule has 0 aromatic heterocycles. The number of benzene rings is 4. The lowest BCUT2D eigenvalue weighted by Crippen LogP contribution is -2.56. The molecular formula is C39H37N7O9. The van der Waals surface area contributed by atoms with Crippen molar-refractivity contribution in [3.05, 3.63) is 119 Å². The van der Waals surface area contributed by atoms with E-state index in [1.54, 1.807) is 24.3 Å². The van der Waals surface area contributed by atoms with Crippen LogP contribution in [0.25, 0.3) is 11.1 Å². The molecule has 4 aromatic carbocycles. The summed E-state index contributed by atoms with van der Waals surface area (Å²) in [5.41, 5.74) is 12.1. The first-order valence-corrected chi connectivity index (χ1v) is 17.2. The Labute approximate surface area is 314 Å². The van der Waals surface area contributed by atoms with Crippen LogP contribution in [0.4, 0.5) is 25.8 Å². The molecule has 0 spiro atoms. The molecule has 1 heterocycles. The van der Waals surface area contributed by atoms with E-state index in [9.17, 15) is 38.7 Å². The smallest absolute Gasteiger partial charge is 0.408 e. The second-order valence-corrected chi connectivity index (χ2v) is 13.0. The third-order valence-corrected chi connectivity index (χ3v) is 9.12. The molecule has 9 N–H and O–H groups in total. The number of carbonyl (C=O) groups excluding carboxylic acids is 6. The first-order chi connectivity index (χ1) is 26.4. The van der Waals surface area contributed by atoms with Gasteiger partial charge >= 0.3 is 24.1 Å². The fourth-order valence-electron chi connectivity index (χ4n) is 6.43. The number of hydrogen-bond donors (Lipinski definition) is 8. The Morgan fingerprint density at radius 3 is 2.07 bits per heavy atom. The largest absolute Gasteiger partial charge is 0.480 e. The minimum Gasteiger partial charge on any atom is -0.480 e. The highest BCUT2D eigenvalue weighted by molar-refractivity contribution is 6.05. The first kappa shape index (κ1) is 37.5. The summed E-state index contributed by atoms with van der Waals surface area (Å²) in [7, 11) is 0. The number of aliphatic carboxylic acids is 1. The van der Waals surface area contributed by atoms with Crippen molar-refractivity contribution in [3.8, 4) is 11.1 Å². The molecule has 1 aliphatic heterocycles. The minimum absolute atomic E-state index is 0.0762. The van der Waals surface area contributed by atoms with E-state index in [-0.39, 0.29) is 25.9 Å². The van der Waals surface area contributed by atoms with Gasteiger partial charge in [0.25, 0.3) is 0 Å². The van der Waals surface area contributed by atoms with Crippen LogP contribution in [0.2, 0.25) is 0 Å².